The van der Waals surface area contributed by atoms with Crippen molar-refractivity contribution in [3.05, 3.63) is 29.8 Å². The van der Waals surface area contributed by atoms with Crippen LogP contribution in [-0.4, -0.2) is 18.1 Å². The Hall–Kier alpha value is -0.730. The third-order valence-corrected chi connectivity index (χ3v) is 2.47. The van der Waals surface area contributed by atoms with Crippen molar-refractivity contribution in [1.82, 2.24) is 0 Å². The Kier molecular flexibility index (Phi) is 3.17. The van der Waals surface area contributed by atoms with Gasteiger partial charge in [-0.2, -0.15) is 0 Å². The summed E-state index contributed by atoms with van der Waals surface area (Å²) in [6.45, 7) is 1.66. The highest BCUT2D eigenvalue weighted by Crippen LogP contribution is 2.30. The zero-order valence-electron chi connectivity index (χ0n) is 7.75. The van der Waals surface area contributed by atoms with Crippen LogP contribution in [0.2, 0.25) is 0 Å². The highest BCUT2D eigenvalue weighted by Gasteiger charge is 2.24. The summed E-state index contributed by atoms with van der Waals surface area (Å²) in [7, 11) is 1.57. The van der Waals surface area contributed by atoms with Gasteiger partial charge in [-0.05, 0) is 13.0 Å². The molecule has 0 bridgehead atoms. The number of methoxy groups -OCH3 is 1. The van der Waals surface area contributed by atoms with E-state index in [1.54, 1.807) is 26.2 Å². The van der Waals surface area contributed by atoms with Crippen molar-refractivity contribution in [3.8, 4) is 5.75 Å². The van der Waals surface area contributed by atoms with Gasteiger partial charge in [0.2, 0.25) is 0 Å². The summed E-state index contributed by atoms with van der Waals surface area (Å²) in [5.41, 5.74) is -0.318. The average molecular weight is 201 g/mol. The lowest BCUT2D eigenvalue weighted by atomic mass is 9.97. The van der Waals surface area contributed by atoms with Crippen LogP contribution < -0.4 is 4.74 Å². The van der Waals surface area contributed by atoms with Crippen molar-refractivity contribution >= 4 is 11.6 Å². The van der Waals surface area contributed by atoms with Gasteiger partial charge in [0.1, 0.15) is 11.4 Å². The second-order valence-corrected chi connectivity index (χ2v) is 3.38. The lowest BCUT2D eigenvalue weighted by molar-refractivity contribution is 0.0794. The third-order valence-electron chi connectivity index (χ3n) is 1.95. The van der Waals surface area contributed by atoms with E-state index in [2.05, 4.69) is 0 Å². The van der Waals surface area contributed by atoms with Crippen molar-refractivity contribution in [3.63, 3.8) is 0 Å². The van der Waals surface area contributed by atoms with Gasteiger partial charge in [0.15, 0.2) is 0 Å². The minimum absolute atomic E-state index is 0.146. The molecule has 0 radical (unpaired) electrons. The zero-order chi connectivity index (χ0) is 9.90. The van der Waals surface area contributed by atoms with E-state index in [1.165, 1.54) is 0 Å². The number of hydrogen-bond acceptors (Lipinski definition) is 2. The van der Waals surface area contributed by atoms with Crippen LogP contribution in [0, 0.1) is 0 Å². The molecule has 0 aromatic heterocycles. The maximum atomic E-state index is 9.89. The van der Waals surface area contributed by atoms with Gasteiger partial charge in [-0.15, -0.1) is 11.6 Å². The summed E-state index contributed by atoms with van der Waals surface area (Å²) in [4.78, 5) is 0. The van der Waals surface area contributed by atoms with Crippen molar-refractivity contribution in [2.75, 3.05) is 13.0 Å². The Morgan fingerprint density at radius 1 is 1.46 bits per heavy atom. The molecule has 0 saturated carbocycles. The molecular formula is C10H13ClO2. The average Bonchev–Trinajstić information content (AvgIpc) is 2.18. The highest BCUT2D eigenvalue weighted by atomic mass is 35.5. The first kappa shape index (κ1) is 10.4. The molecule has 0 spiro atoms. The van der Waals surface area contributed by atoms with Gasteiger partial charge in [-0.3, -0.25) is 0 Å². The molecule has 1 aromatic rings. The minimum atomic E-state index is -1.03. The van der Waals surface area contributed by atoms with Gasteiger partial charge < -0.3 is 9.84 Å². The lowest BCUT2D eigenvalue weighted by Crippen LogP contribution is -2.23. The first-order chi connectivity index (χ1) is 6.11. The number of halogens is 1. The summed E-state index contributed by atoms with van der Waals surface area (Å²) in [5, 5.41) is 9.89. The van der Waals surface area contributed by atoms with Crippen LogP contribution in [0.25, 0.3) is 0 Å². The fraction of sp³-hybridized carbons (Fsp3) is 0.400. The molecule has 0 aliphatic rings. The van der Waals surface area contributed by atoms with Gasteiger partial charge in [0, 0.05) is 5.56 Å². The monoisotopic (exact) mass is 200 g/mol. The number of rotatable bonds is 3. The van der Waals surface area contributed by atoms with Crippen molar-refractivity contribution in [2.24, 2.45) is 0 Å². The Balaban J connectivity index is 3.12. The molecule has 13 heavy (non-hydrogen) atoms. The molecule has 3 heteroatoms. The van der Waals surface area contributed by atoms with Crippen LogP contribution in [0.4, 0.5) is 0 Å². The van der Waals surface area contributed by atoms with Crippen molar-refractivity contribution in [2.45, 2.75) is 12.5 Å². The number of para-hydroxylation sites is 1. The second-order valence-electron chi connectivity index (χ2n) is 3.11. The largest absolute Gasteiger partial charge is 0.496 e. The van der Waals surface area contributed by atoms with E-state index in [0.717, 1.165) is 0 Å². The molecule has 2 nitrogen and oxygen atoms in total. The molecule has 1 N–H and O–H groups in total. The van der Waals surface area contributed by atoms with E-state index in [9.17, 15) is 5.11 Å². The quantitative estimate of drug-likeness (QED) is 0.758. The Bertz CT molecular complexity index is 284. The zero-order valence-corrected chi connectivity index (χ0v) is 8.51. The van der Waals surface area contributed by atoms with E-state index in [0.29, 0.717) is 11.3 Å². The topological polar surface area (TPSA) is 29.5 Å². The molecule has 0 heterocycles. The van der Waals surface area contributed by atoms with Crippen molar-refractivity contribution < 1.29 is 9.84 Å². The summed E-state index contributed by atoms with van der Waals surface area (Å²) in [5.74, 6) is 0.807. The van der Waals surface area contributed by atoms with Crippen LogP contribution in [0.3, 0.4) is 0 Å². The fourth-order valence-electron chi connectivity index (χ4n) is 1.16. The first-order valence-electron chi connectivity index (χ1n) is 4.03. The van der Waals surface area contributed by atoms with Gasteiger partial charge in [0.05, 0.1) is 13.0 Å². The number of hydrogen-bond donors (Lipinski definition) is 1. The molecule has 1 aromatic carbocycles. The van der Waals surface area contributed by atoms with Crippen LogP contribution in [-0.2, 0) is 5.60 Å². The normalized spacial score (nSPS) is 15.1. The molecular weight excluding hydrogens is 188 g/mol. The Morgan fingerprint density at radius 2 is 2.08 bits per heavy atom. The second kappa shape index (κ2) is 3.99. The van der Waals surface area contributed by atoms with Gasteiger partial charge in [-0.25, -0.2) is 0 Å². The molecule has 0 saturated heterocycles. The SMILES string of the molecule is COc1ccccc1C(C)(O)CCl. The minimum Gasteiger partial charge on any atom is -0.496 e. The maximum Gasteiger partial charge on any atom is 0.124 e. The number of alkyl halides is 1. The number of benzene rings is 1. The smallest absolute Gasteiger partial charge is 0.124 e. The van der Waals surface area contributed by atoms with Crippen molar-refractivity contribution in [1.29, 1.82) is 0 Å². The van der Waals surface area contributed by atoms with E-state index in [1.807, 2.05) is 12.1 Å². The Labute approximate surface area is 83.1 Å². The molecule has 0 amide bonds. The highest BCUT2D eigenvalue weighted by molar-refractivity contribution is 6.18. The van der Waals surface area contributed by atoms with E-state index >= 15 is 0 Å². The Morgan fingerprint density at radius 3 is 2.62 bits per heavy atom. The molecule has 1 rings (SSSR count). The van der Waals surface area contributed by atoms with E-state index < -0.39 is 5.60 Å². The van der Waals surface area contributed by atoms with E-state index in [-0.39, 0.29) is 5.88 Å². The predicted molar refractivity (Wildman–Crippen MR) is 53.3 cm³/mol. The van der Waals surface area contributed by atoms with E-state index in [4.69, 9.17) is 16.3 Å². The predicted octanol–water partition coefficient (Wildman–Crippen LogP) is 2.14. The first-order valence-corrected chi connectivity index (χ1v) is 4.57. The molecule has 0 aliphatic heterocycles. The summed E-state index contributed by atoms with van der Waals surface area (Å²) in [6, 6.07) is 7.31. The molecule has 1 atom stereocenters. The fourth-order valence-corrected chi connectivity index (χ4v) is 1.31. The van der Waals surface area contributed by atoms with Crippen LogP contribution in [0.15, 0.2) is 24.3 Å². The molecule has 72 valence electrons. The molecule has 0 fully saturated rings. The molecule has 0 aliphatic carbocycles. The molecule has 1 unspecified atom stereocenters. The number of ether oxygens (including phenoxy) is 1. The standard InChI is InChI=1S/C10H13ClO2/c1-10(12,7-11)8-5-3-4-6-9(8)13-2/h3-6,12H,7H2,1-2H3. The van der Waals surface area contributed by atoms with Crippen LogP contribution in [0.1, 0.15) is 12.5 Å². The van der Waals surface area contributed by atoms with Gasteiger partial charge in [0.25, 0.3) is 0 Å². The van der Waals surface area contributed by atoms with Gasteiger partial charge >= 0.3 is 0 Å². The summed E-state index contributed by atoms with van der Waals surface area (Å²) >= 11 is 5.65. The third kappa shape index (κ3) is 2.14. The lowest BCUT2D eigenvalue weighted by Gasteiger charge is -2.22. The van der Waals surface area contributed by atoms with Gasteiger partial charge in [-0.1, -0.05) is 18.2 Å². The van der Waals surface area contributed by atoms with Crippen LogP contribution >= 0.6 is 11.6 Å². The number of aliphatic hydroxyl groups is 1. The maximum absolute atomic E-state index is 9.89. The van der Waals surface area contributed by atoms with Crippen LogP contribution in [0.5, 0.6) is 5.75 Å². The summed E-state index contributed by atoms with van der Waals surface area (Å²) in [6.07, 6.45) is 0. The summed E-state index contributed by atoms with van der Waals surface area (Å²) < 4.78 is 5.11.